The van der Waals surface area contributed by atoms with E-state index in [0.717, 1.165) is 17.0 Å². The van der Waals surface area contributed by atoms with Gasteiger partial charge in [0, 0.05) is 11.1 Å². The number of methoxy groups -OCH3 is 2. The third-order valence-corrected chi connectivity index (χ3v) is 4.11. The number of aromatic nitrogens is 2. The molecule has 0 aliphatic rings. The summed E-state index contributed by atoms with van der Waals surface area (Å²) in [6.07, 6.45) is 1.46. The van der Waals surface area contributed by atoms with Crippen LogP contribution in [0.4, 0.5) is 0 Å². The second-order valence-corrected chi connectivity index (χ2v) is 5.87. The Balaban J connectivity index is 1.65. The molecule has 142 valence electrons. The van der Waals surface area contributed by atoms with Gasteiger partial charge in [-0.2, -0.15) is 0 Å². The van der Waals surface area contributed by atoms with Crippen molar-refractivity contribution in [1.29, 1.82) is 0 Å². The zero-order valence-electron chi connectivity index (χ0n) is 15.5. The zero-order valence-corrected chi connectivity index (χ0v) is 15.5. The summed E-state index contributed by atoms with van der Waals surface area (Å²) >= 11 is 0. The number of nitrogens with zero attached hydrogens (tertiary/aromatic N) is 2. The lowest BCUT2D eigenvalue weighted by molar-refractivity contribution is 0.0600. The van der Waals surface area contributed by atoms with Crippen molar-refractivity contribution in [2.75, 3.05) is 14.2 Å². The highest BCUT2D eigenvalue weighted by atomic mass is 16.5. The van der Waals surface area contributed by atoms with E-state index in [-0.39, 0.29) is 12.5 Å². The van der Waals surface area contributed by atoms with E-state index in [1.807, 2.05) is 30.3 Å². The Morgan fingerprint density at radius 2 is 1.61 bits per heavy atom. The number of carbonyl (C=O) groups excluding carboxylic acids is 2. The van der Waals surface area contributed by atoms with Crippen molar-refractivity contribution in [3.8, 4) is 17.0 Å². The van der Waals surface area contributed by atoms with Crippen molar-refractivity contribution in [1.82, 2.24) is 15.3 Å². The Morgan fingerprint density at radius 1 is 0.929 bits per heavy atom. The van der Waals surface area contributed by atoms with Crippen molar-refractivity contribution < 1.29 is 19.1 Å². The van der Waals surface area contributed by atoms with Crippen molar-refractivity contribution in [3.05, 3.63) is 77.7 Å². The summed E-state index contributed by atoms with van der Waals surface area (Å²) in [7, 11) is 2.92. The Morgan fingerprint density at radius 3 is 2.25 bits per heavy atom. The molecule has 0 atom stereocenters. The molecule has 1 heterocycles. The number of ether oxygens (including phenoxy) is 2. The van der Waals surface area contributed by atoms with Gasteiger partial charge in [-0.05, 0) is 54.6 Å². The molecule has 1 amide bonds. The van der Waals surface area contributed by atoms with Gasteiger partial charge in [0.1, 0.15) is 12.1 Å². The minimum absolute atomic E-state index is 0.253. The zero-order chi connectivity index (χ0) is 19.9. The summed E-state index contributed by atoms with van der Waals surface area (Å²) < 4.78 is 9.80. The number of hydrogen-bond donors (Lipinski definition) is 1. The predicted octanol–water partition coefficient (Wildman–Crippen LogP) is 2.87. The Bertz CT molecular complexity index is 970. The third kappa shape index (κ3) is 4.50. The number of rotatable bonds is 6. The molecule has 0 aliphatic carbocycles. The summed E-state index contributed by atoms with van der Waals surface area (Å²) in [5.74, 6) is 0.0588. The fourth-order valence-corrected chi connectivity index (χ4v) is 2.56. The van der Waals surface area contributed by atoms with Gasteiger partial charge in [-0.1, -0.05) is 0 Å². The molecular formula is C21H19N3O4. The molecule has 3 aromatic rings. The average molecular weight is 377 g/mol. The molecular weight excluding hydrogens is 358 g/mol. The van der Waals surface area contributed by atoms with E-state index in [1.165, 1.54) is 13.4 Å². The number of nitrogens with one attached hydrogen (secondary N) is 1. The van der Waals surface area contributed by atoms with Crippen LogP contribution in [0, 0.1) is 0 Å². The standard InChI is InChI=1S/C21H19N3O4/c1-27-18-9-7-14(8-10-18)19-11-17(23-13-24-19)12-22-20(25)15-3-5-16(6-4-15)21(26)28-2/h3-11,13H,12H2,1-2H3,(H,22,25). The van der Waals surface area contributed by atoms with Crippen LogP contribution in [-0.4, -0.2) is 36.1 Å². The Labute approximate surface area is 162 Å². The number of hydrogen-bond acceptors (Lipinski definition) is 6. The van der Waals surface area contributed by atoms with Gasteiger partial charge in [0.25, 0.3) is 5.91 Å². The second-order valence-electron chi connectivity index (χ2n) is 5.87. The SMILES string of the molecule is COC(=O)c1ccc(C(=O)NCc2cc(-c3ccc(OC)cc3)ncn2)cc1. The largest absolute Gasteiger partial charge is 0.497 e. The van der Waals surface area contributed by atoms with Crippen LogP contribution in [0.1, 0.15) is 26.4 Å². The van der Waals surface area contributed by atoms with Gasteiger partial charge in [-0.15, -0.1) is 0 Å². The maximum absolute atomic E-state index is 12.3. The lowest BCUT2D eigenvalue weighted by Gasteiger charge is -2.07. The van der Waals surface area contributed by atoms with Crippen molar-refractivity contribution in [2.45, 2.75) is 6.54 Å². The van der Waals surface area contributed by atoms with Gasteiger partial charge in [0.2, 0.25) is 0 Å². The molecule has 7 heteroatoms. The molecule has 0 saturated carbocycles. The van der Waals surface area contributed by atoms with Crippen LogP contribution in [0.15, 0.2) is 60.9 Å². The maximum Gasteiger partial charge on any atom is 0.337 e. The molecule has 0 unspecified atom stereocenters. The molecule has 0 spiro atoms. The van der Waals surface area contributed by atoms with Crippen LogP contribution in [-0.2, 0) is 11.3 Å². The Hall–Kier alpha value is -3.74. The van der Waals surface area contributed by atoms with Crippen molar-refractivity contribution in [2.24, 2.45) is 0 Å². The molecule has 0 aliphatic heterocycles. The molecule has 1 N–H and O–H groups in total. The molecule has 3 rings (SSSR count). The molecule has 2 aromatic carbocycles. The van der Waals surface area contributed by atoms with Gasteiger partial charge in [0.15, 0.2) is 0 Å². The molecule has 0 fully saturated rings. The topological polar surface area (TPSA) is 90.4 Å². The molecule has 0 radical (unpaired) electrons. The lowest BCUT2D eigenvalue weighted by atomic mass is 10.1. The van der Waals surface area contributed by atoms with Crippen LogP contribution in [0.25, 0.3) is 11.3 Å². The highest BCUT2D eigenvalue weighted by molar-refractivity contribution is 5.96. The quantitative estimate of drug-likeness (QED) is 0.665. The maximum atomic E-state index is 12.3. The van der Waals surface area contributed by atoms with E-state index >= 15 is 0 Å². The highest BCUT2D eigenvalue weighted by Gasteiger charge is 2.10. The molecule has 0 saturated heterocycles. The smallest absolute Gasteiger partial charge is 0.337 e. The van der Waals surface area contributed by atoms with E-state index in [2.05, 4.69) is 20.0 Å². The van der Waals surface area contributed by atoms with Gasteiger partial charge in [-0.25, -0.2) is 14.8 Å². The minimum Gasteiger partial charge on any atom is -0.497 e. The molecule has 28 heavy (non-hydrogen) atoms. The molecule has 0 bridgehead atoms. The number of benzene rings is 2. The van der Waals surface area contributed by atoms with Crippen LogP contribution >= 0.6 is 0 Å². The van der Waals surface area contributed by atoms with Gasteiger partial charge >= 0.3 is 5.97 Å². The second kappa shape index (κ2) is 8.77. The van der Waals surface area contributed by atoms with Crippen LogP contribution in [0.5, 0.6) is 5.75 Å². The van der Waals surface area contributed by atoms with Crippen molar-refractivity contribution in [3.63, 3.8) is 0 Å². The van der Waals surface area contributed by atoms with Gasteiger partial charge < -0.3 is 14.8 Å². The summed E-state index contributed by atoms with van der Waals surface area (Å²) in [6, 6.07) is 15.6. The van der Waals surface area contributed by atoms with Gasteiger partial charge in [0.05, 0.1) is 37.7 Å². The third-order valence-electron chi connectivity index (χ3n) is 4.11. The van der Waals surface area contributed by atoms with Crippen LogP contribution in [0.3, 0.4) is 0 Å². The monoisotopic (exact) mass is 377 g/mol. The Kier molecular flexibility index (Phi) is 5.96. The van der Waals surface area contributed by atoms with E-state index < -0.39 is 5.97 Å². The summed E-state index contributed by atoms with van der Waals surface area (Å²) in [6.45, 7) is 0.253. The first-order valence-electron chi connectivity index (χ1n) is 8.52. The van der Waals surface area contributed by atoms with E-state index in [4.69, 9.17) is 4.74 Å². The lowest BCUT2D eigenvalue weighted by Crippen LogP contribution is -2.23. The van der Waals surface area contributed by atoms with Crippen LogP contribution in [0.2, 0.25) is 0 Å². The van der Waals surface area contributed by atoms with Crippen molar-refractivity contribution >= 4 is 11.9 Å². The normalized spacial score (nSPS) is 10.2. The number of esters is 1. The number of carbonyl (C=O) groups is 2. The fraction of sp³-hybridized carbons (Fsp3) is 0.143. The summed E-state index contributed by atoms with van der Waals surface area (Å²) in [4.78, 5) is 32.2. The first kappa shape index (κ1) is 19.0. The minimum atomic E-state index is -0.445. The fourth-order valence-electron chi connectivity index (χ4n) is 2.56. The molecule has 1 aromatic heterocycles. The summed E-state index contributed by atoms with van der Waals surface area (Å²) in [5, 5.41) is 2.81. The first-order chi connectivity index (χ1) is 13.6. The highest BCUT2D eigenvalue weighted by Crippen LogP contribution is 2.20. The predicted molar refractivity (Wildman–Crippen MR) is 103 cm³/mol. The van der Waals surface area contributed by atoms with E-state index in [9.17, 15) is 9.59 Å². The molecule has 7 nitrogen and oxygen atoms in total. The summed E-state index contributed by atoms with van der Waals surface area (Å²) in [5.41, 5.74) is 3.19. The van der Waals surface area contributed by atoms with E-state index in [0.29, 0.717) is 16.8 Å². The average Bonchev–Trinajstić information content (AvgIpc) is 2.77. The van der Waals surface area contributed by atoms with E-state index in [1.54, 1.807) is 31.4 Å². The first-order valence-corrected chi connectivity index (χ1v) is 8.52. The number of amides is 1. The van der Waals surface area contributed by atoms with Crippen LogP contribution < -0.4 is 10.1 Å². The van der Waals surface area contributed by atoms with Gasteiger partial charge in [-0.3, -0.25) is 4.79 Å².